The van der Waals surface area contributed by atoms with Gasteiger partial charge < -0.3 is 10.6 Å². The Hall–Kier alpha value is -4.00. The molecule has 3 aromatic carbocycles. The Kier molecular flexibility index (Phi) is 3.33. The number of non-ortho nitro benzene ring substituents is 1. The van der Waals surface area contributed by atoms with E-state index >= 15 is 0 Å². The number of aliphatic imine (C=N–C) groups is 1. The van der Waals surface area contributed by atoms with Crippen molar-refractivity contribution in [1.82, 2.24) is 0 Å². The third-order valence-electron chi connectivity index (χ3n) is 5.01. The van der Waals surface area contributed by atoms with Crippen LogP contribution in [0.1, 0.15) is 16.7 Å². The Balaban J connectivity index is 1.79. The maximum Gasteiger partial charge on any atom is 0.277 e. The number of nitro groups is 1. The molecule has 5 rings (SSSR count). The molecule has 2 heterocycles. The van der Waals surface area contributed by atoms with Crippen molar-refractivity contribution in [2.24, 2.45) is 4.99 Å². The summed E-state index contributed by atoms with van der Waals surface area (Å²) in [6, 6.07) is 21.3. The van der Waals surface area contributed by atoms with Gasteiger partial charge in [0, 0.05) is 40.2 Å². The normalized spacial score (nSPS) is 19.3. The third-order valence-corrected chi connectivity index (χ3v) is 5.01. The van der Waals surface area contributed by atoms with Gasteiger partial charge in [0.1, 0.15) is 0 Å². The molecule has 0 saturated carbocycles. The molecule has 28 heavy (non-hydrogen) atoms. The summed E-state index contributed by atoms with van der Waals surface area (Å²) in [5, 5.41) is 17.4. The highest BCUT2D eigenvalue weighted by Gasteiger charge is 2.49. The first kappa shape index (κ1) is 16.2. The summed E-state index contributed by atoms with van der Waals surface area (Å²) in [5.74, 6) is -0.286. The number of nitrogens with one attached hydrogen (secondary N) is 2. The maximum absolute atomic E-state index is 13.0. The number of carbonyl (C=O) groups is 1. The van der Waals surface area contributed by atoms with Crippen LogP contribution in [-0.4, -0.2) is 16.5 Å². The number of hydrogen-bond acceptors (Lipinski definition) is 5. The van der Waals surface area contributed by atoms with E-state index in [1.54, 1.807) is 6.07 Å². The highest BCUT2D eigenvalue weighted by atomic mass is 16.6. The van der Waals surface area contributed by atoms with Gasteiger partial charge in [0.25, 0.3) is 11.6 Å². The fourth-order valence-corrected chi connectivity index (χ4v) is 3.70. The summed E-state index contributed by atoms with van der Waals surface area (Å²) in [5.41, 5.74) is 2.59. The molecule has 2 aliphatic heterocycles. The van der Waals surface area contributed by atoms with Gasteiger partial charge in [-0.2, -0.15) is 0 Å². The molecule has 0 saturated heterocycles. The van der Waals surface area contributed by atoms with E-state index in [9.17, 15) is 14.9 Å². The zero-order chi connectivity index (χ0) is 19.3. The minimum atomic E-state index is -1.31. The number of hydrogen-bond donors (Lipinski definition) is 2. The van der Waals surface area contributed by atoms with Crippen LogP contribution in [0.3, 0.4) is 0 Å². The van der Waals surface area contributed by atoms with E-state index in [2.05, 4.69) is 10.6 Å². The predicted molar refractivity (Wildman–Crippen MR) is 106 cm³/mol. The second-order valence-electron chi connectivity index (χ2n) is 6.65. The highest BCUT2D eigenvalue weighted by Crippen LogP contribution is 2.44. The number of carbonyl (C=O) groups excluding carboxylic acids is 1. The van der Waals surface area contributed by atoms with E-state index in [-0.39, 0.29) is 11.6 Å². The molecule has 0 radical (unpaired) electrons. The molecule has 2 aliphatic rings. The zero-order valence-electron chi connectivity index (χ0n) is 14.5. The molecule has 3 aromatic rings. The Morgan fingerprint density at radius 1 is 0.929 bits per heavy atom. The fourth-order valence-electron chi connectivity index (χ4n) is 3.70. The lowest BCUT2D eigenvalue weighted by Gasteiger charge is -2.32. The number of anilines is 2. The standard InChI is InChI=1S/C21H14N4O3/c26-20-21(16-8-4-5-9-18(16)22-20)23-17-11-10-14(25(27)28)12-15(17)19(24-21)13-6-2-1-3-7-13/h1-12,23H,(H,22,26). The van der Waals surface area contributed by atoms with Gasteiger partial charge >= 0.3 is 0 Å². The smallest absolute Gasteiger partial charge is 0.277 e. The lowest BCUT2D eigenvalue weighted by molar-refractivity contribution is -0.384. The van der Waals surface area contributed by atoms with Gasteiger partial charge in [-0.15, -0.1) is 0 Å². The summed E-state index contributed by atoms with van der Waals surface area (Å²) < 4.78 is 0. The maximum atomic E-state index is 13.0. The number of benzene rings is 3. The summed E-state index contributed by atoms with van der Waals surface area (Å²) >= 11 is 0. The molecule has 0 fully saturated rings. The highest BCUT2D eigenvalue weighted by molar-refractivity contribution is 6.21. The zero-order valence-corrected chi connectivity index (χ0v) is 14.5. The van der Waals surface area contributed by atoms with Gasteiger partial charge in [-0.3, -0.25) is 14.9 Å². The Morgan fingerprint density at radius 2 is 1.68 bits per heavy atom. The minimum Gasteiger partial charge on any atom is -0.349 e. The number of nitro benzene ring substituents is 1. The molecule has 1 amide bonds. The first-order chi connectivity index (χ1) is 13.6. The average Bonchev–Trinajstić information content (AvgIpc) is 2.99. The summed E-state index contributed by atoms with van der Waals surface area (Å²) in [6.45, 7) is 0. The van der Waals surface area contributed by atoms with Crippen molar-refractivity contribution in [3.63, 3.8) is 0 Å². The van der Waals surface area contributed by atoms with Crippen LogP contribution in [0, 0.1) is 10.1 Å². The second-order valence-corrected chi connectivity index (χ2v) is 6.65. The van der Waals surface area contributed by atoms with Crippen LogP contribution in [0.4, 0.5) is 17.1 Å². The average molecular weight is 370 g/mol. The molecule has 1 atom stereocenters. The van der Waals surface area contributed by atoms with E-state index in [0.717, 1.165) is 11.1 Å². The van der Waals surface area contributed by atoms with E-state index < -0.39 is 10.6 Å². The van der Waals surface area contributed by atoms with Crippen LogP contribution in [0.2, 0.25) is 0 Å². The van der Waals surface area contributed by atoms with Gasteiger partial charge in [-0.1, -0.05) is 48.5 Å². The van der Waals surface area contributed by atoms with Gasteiger partial charge in [-0.05, 0) is 12.1 Å². The van der Waals surface area contributed by atoms with E-state index in [0.29, 0.717) is 22.6 Å². The molecule has 0 aromatic heterocycles. The van der Waals surface area contributed by atoms with Gasteiger partial charge in [0.2, 0.25) is 5.66 Å². The topological polar surface area (TPSA) is 96.6 Å². The van der Waals surface area contributed by atoms with Crippen LogP contribution in [0.15, 0.2) is 77.8 Å². The molecule has 0 aliphatic carbocycles. The summed E-state index contributed by atoms with van der Waals surface area (Å²) in [6.07, 6.45) is 0. The Morgan fingerprint density at radius 3 is 2.46 bits per heavy atom. The number of amides is 1. The third kappa shape index (κ3) is 2.23. The molecule has 2 N–H and O–H groups in total. The van der Waals surface area contributed by atoms with E-state index in [4.69, 9.17) is 4.99 Å². The van der Waals surface area contributed by atoms with Crippen LogP contribution >= 0.6 is 0 Å². The van der Waals surface area contributed by atoms with Crippen molar-refractivity contribution >= 4 is 28.7 Å². The molecule has 7 nitrogen and oxygen atoms in total. The van der Waals surface area contributed by atoms with Crippen LogP contribution in [0.25, 0.3) is 0 Å². The van der Waals surface area contributed by atoms with Crippen molar-refractivity contribution in [3.05, 3.63) is 99.6 Å². The molecule has 1 unspecified atom stereocenters. The molecule has 1 spiro atoms. The van der Waals surface area contributed by atoms with Gasteiger partial charge in [0.15, 0.2) is 0 Å². The van der Waals surface area contributed by atoms with Crippen LogP contribution in [0.5, 0.6) is 0 Å². The van der Waals surface area contributed by atoms with Crippen molar-refractivity contribution in [2.45, 2.75) is 5.66 Å². The largest absolute Gasteiger partial charge is 0.349 e. The van der Waals surface area contributed by atoms with Crippen molar-refractivity contribution in [1.29, 1.82) is 0 Å². The van der Waals surface area contributed by atoms with E-state index in [1.165, 1.54) is 12.1 Å². The quantitative estimate of drug-likeness (QED) is 0.531. The molecular weight excluding hydrogens is 356 g/mol. The number of para-hydroxylation sites is 1. The summed E-state index contributed by atoms with van der Waals surface area (Å²) in [7, 11) is 0. The van der Waals surface area contributed by atoms with Gasteiger partial charge in [0.05, 0.1) is 10.6 Å². The first-order valence-electron chi connectivity index (χ1n) is 8.72. The molecular formula is C21H14N4O3. The summed E-state index contributed by atoms with van der Waals surface area (Å²) in [4.78, 5) is 28.6. The predicted octanol–water partition coefficient (Wildman–Crippen LogP) is 3.66. The fraction of sp³-hybridized carbons (Fsp3) is 0.0476. The Labute approximate surface area is 159 Å². The SMILES string of the molecule is O=C1Nc2ccccc2C12N=C(c1ccccc1)c1cc([N+](=O)[O-])ccc1N2. The van der Waals surface area contributed by atoms with Gasteiger partial charge in [-0.25, -0.2) is 4.99 Å². The van der Waals surface area contributed by atoms with Crippen molar-refractivity contribution in [3.8, 4) is 0 Å². The second kappa shape index (κ2) is 5.75. The molecule has 136 valence electrons. The lowest BCUT2D eigenvalue weighted by Crippen LogP contribution is -2.44. The number of rotatable bonds is 2. The number of fused-ring (bicyclic) bond motifs is 3. The monoisotopic (exact) mass is 370 g/mol. The first-order valence-corrected chi connectivity index (χ1v) is 8.72. The Bertz CT molecular complexity index is 1170. The molecule has 7 heteroatoms. The van der Waals surface area contributed by atoms with Crippen molar-refractivity contribution in [2.75, 3.05) is 10.6 Å². The number of nitrogens with zero attached hydrogens (tertiary/aromatic N) is 2. The lowest BCUT2D eigenvalue weighted by atomic mass is 9.92. The van der Waals surface area contributed by atoms with E-state index in [1.807, 2.05) is 54.6 Å². The van der Waals surface area contributed by atoms with Crippen LogP contribution in [-0.2, 0) is 10.5 Å². The van der Waals surface area contributed by atoms with Crippen molar-refractivity contribution < 1.29 is 9.72 Å². The molecule has 0 bridgehead atoms. The minimum absolute atomic E-state index is 0.0311. The van der Waals surface area contributed by atoms with Crippen LogP contribution < -0.4 is 10.6 Å².